The van der Waals surface area contributed by atoms with E-state index in [1.54, 1.807) is 6.92 Å². The maximum absolute atomic E-state index is 10.5. The minimum Gasteiger partial charge on any atom is -0.858 e. The standard InChI is InChI=1S/C5H7N3O/c1-3-2-4(9)8-5(6)7-3/h2H,1H3,(H3,6,7,8,9)/p-1. The Morgan fingerprint density at radius 1 is 1.56 bits per heavy atom. The molecule has 0 aliphatic rings. The minimum atomic E-state index is -0.333. The Hall–Kier alpha value is -1.32. The summed E-state index contributed by atoms with van der Waals surface area (Å²) in [6.45, 7) is 1.69. The lowest BCUT2D eigenvalue weighted by Crippen LogP contribution is -2.01. The van der Waals surface area contributed by atoms with Gasteiger partial charge in [-0.05, 0) is 18.9 Å². The van der Waals surface area contributed by atoms with Gasteiger partial charge in [-0.2, -0.15) is 0 Å². The molecule has 0 bridgehead atoms. The molecule has 0 radical (unpaired) electrons. The van der Waals surface area contributed by atoms with E-state index >= 15 is 0 Å². The third-order valence-electron chi connectivity index (χ3n) is 0.848. The number of hydrogen-bond donors (Lipinski definition) is 1. The SMILES string of the molecule is Cc1cc([O-])nc(N)n1. The fraction of sp³-hybridized carbons (Fsp3) is 0.200. The highest BCUT2D eigenvalue weighted by Gasteiger charge is 1.87. The Kier molecular flexibility index (Phi) is 1.22. The number of anilines is 1. The molecule has 0 aliphatic carbocycles. The van der Waals surface area contributed by atoms with Gasteiger partial charge in [-0.25, -0.2) is 9.97 Å². The normalized spacial score (nSPS) is 9.44. The lowest BCUT2D eigenvalue weighted by molar-refractivity contribution is -0.274. The van der Waals surface area contributed by atoms with Crippen molar-refractivity contribution in [3.8, 4) is 5.88 Å². The zero-order valence-corrected chi connectivity index (χ0v) is 4.96. The van der Waals surface area contributed by atoms with E-state index in [1.165, 1.54) is 6.07 Å². The first kappa shape index (κ1) is 5.81. The second kappa shape index (κ2) is 1.89. The fourth-order valence-corrected chi connectivity index (χ4v) is 0.562. The first-order valence-electron chi connectivity index (χ1n) is 2.46. The van der Waals surface area contributed by atoms with Gasteiger partial charge < -0.3 is 10.8 Å². The molecule has 0 aromatic carbocycles. The molecule has 0 saturated heterocycles. The highest BCUT2D eigenvalue weighted by Crippen LogP contribution is 2.02. The maximum Gasteiger partial charge on any atom is 0.219 e. The van der Waals surface area contributed by atoms with Crippen molar-refractivity contribution < 1.29 is 5.11 Å². The van der Waals surface area contributed by atoms with Gasteiger partial charge in [0.15, 0.2) is 0 Å². The van der Waals surface area contributed by atoms with E-state index in [1.807, 2.05) is 0 Å². The zero-order chi connectivity index (χ0) is 6.85. The van der Waals surface area contributed by atoms with Crippen LogP contribution in [0.1, 0.15) is 5.69 Å². The number of aryl methyl sites for hydroxylation is 1. The molecule has 0 fully saturated rings. The highest BCUT2D eigenvalue weighted by molar-refractivity contribution is 5.23. The Morgan fingerprint density at radius 2 is 2.22 bits per heavy atom. The van der Waals surface area contributed by atoms with E-state index in [9.17, 15) is 5.11 Å². The van der Waals surface area contributed by atoms with E-state index in [2.05, 4.69) is 9.97 Å². The molecule has 0 unspecified atom stereocenters. The quantitative estimate of drug-likeness (QED) is 0.503. The number of nitrogen functional groups attached to an aromatic ring is 1. The van der Waals surface area contributed by atoms with E-state index in [0.717, 1.165) is 0 Å². The van der Waals surface area contributed by atoms with E-state index < -0.39 is 0 Å². The lowest BCUT2D eigenvalue weighted by atomic mass is 10.4. The van der Waals surface area contributed by atoms with Gasteiger partial charge in [-0.1, -0.05) is 0 Å². The van der Waals surface area contributed by atoms with Crippen LogP contribution in [-0.4, -0.2) is 9.97 Å². The summed E-state index contributed by atoms with van der Waals surface area (Å²) >= 11 is 0. The summed E-state index contributed by atoms with van der Waals surface area (Å²) in [6.07, 6.45) is 0. The van der Waals surface area contributed by atoms with Crippen LogP contribution in [0.2, 0.25) is 0 Å². The molecule has 0 aliphatic heterocycles. The van der Waals surface area contributed by atoms with Crippen LogP contribution in [0.15, 0.2) is 6.07 Å². The van der Waals surface area contributed by atoms with Gasteiger partial charge in [0.2, 0.25) is 5.95 Å². The number of nitrogens with zero attached hydrogens (tertiary/aromatic N) is 2. The molecule has 9 heavy (non-hydrogen) atoms. The Morgan fingerprint density at radius 3 is 2.67 bits per heavy atom. The summed E-state index contributed by atoms with van der Waals surface area (Å²) in [7, 11) is 0. The summed E-state index contributed by atoms with van der Waals surface area (Å²) in [5.41, 5.74) is 5.74. The monoisotopic (exact) mass is 124 g/mol. The van der Waals surface area contributed by atoms with Crippen LogP contribution in [0.3, 0.4) is 0 Å². The van der Waals surface area contributed by atoms with E-state index in [4.69, 9.17) is 5.73 Å². The molecule has 1 heterocycles. The summed E-state index contributed by atoms with van der Waals surface area (Å²) in [4.78, 5) is 7.05. The summed E-state index contributed by atoms with van der Waals surface area (Å²) in [5, 5.41) is 10.5. The average molecular weight is 124 g/mol. The van der Waals surface area contributed by atoms with Gasteiger partial charge in [0, 0.05) is 5.69 Å². The molecule has 0 amide bonds. The number of hydrogen-bond acceptors (Lipinski definition) is 4. The first-order valence-corrected chi connectivity index (χ1v) is 2.46. The Balaban J connectivity index is 3.17. The van der Waals surface area contributed by atoms with Crippen molar-refractivity contribution in [2.75, 3.05) is 5.73 Å². The van der Waals surface area contributed by atoms with Crippen LogP contribution in [0.5, 0.6) is 5.88 Å². The van der Waals surface area contributed by atoms with Gasteiger partial charge in [0.1, 0.15) is 0 Å². The molecule has 4 heteroatoms. The molecule has 0 spiro atoms. The Labute approximate surface area is 52.4 Å². The third-order valence-corrected chi connectivity index (χ3v) is 0.848. The molecule has 4 nitrogen and oxygen atoms in total. The van der Waals surface area contributed by atoms with Crippen LogP contribution < -0.4 is 10.8 Å². The maximum atomic E-state index is 10.5. The molecule has 1 aromatic heterocycles. The summed E-state index contributed by atoms with van der Waals surface area (Å²) in [6, 6.07) is 1.33. The predicted molar refractivity (Wildman–Crippen MR) is 30.6 cm³/mol. The molecule has 48 valence electrons. The second-order valence-corrected chi connectivity index (χ2v) is 1.71. The molecular weight excluding hydrogens is 118 g/mol. The average Bonchev–Trinajstić information content (AvgIpc) is 1.59. The molecule has 1 aromatic rings. The molecule has 2 N–H and O–H groups in total. The van der Waals surface area contributed by atoms with Crippen molar-refractivity contribution in [2.45, 2.75) is 6.92 Å². The molecule has 1 rings (SSSR count). The van der Waals surface area contributed by atoms with E-state index in [-0.39, 0.29) is 11.8 Å². The Bertz CT molecular complexity index is 173. The van der Waals surface area contributed by atoms with Crippen molar-refractivity contribution in [1.29, 1.82) is 0 Å². The predicted octanol–water partition coefficient (Wildman–Crippen LogP) is -0.559. The minimum absolute atomic E-state index is 0.0417. The second-order valence-electron chi connectivity index (χ2n) is 1.71. The van der Waals surface area contributed by atoms with Crippen LogP contribution >= 0.6 is 0 Å². The molecule has 0 atom stereocenters. The number of nitrogens with two attached hydrogens (primary N) is 1. The lowest BCUT2D eigenvalue weighted by Gasteiger charge is -2.03. The van der Waals surface area contributed by atoms with Crippen molar-refractivity contribution in [3.05, 3.63) is 11.8 Å². The third kappa shape index (κ3) is 1.28. The summed E-state index contributed by atoms with van der Waals surface area (Å²) < 4.78 is 0. The summed E-state index contributed by atoms with van der Waals surface area (Å²) in [5.74, 6) is -0.292. The van der Waals surface area contributed by atoms with Crippen LogP contribution in [0.4, 0.5) is 5.95 Å². The van der Waals surface area contributed by atoms with Crippen LogP contribution in [0, 0.1) is 6.92 Å². The number of aromatic nitrogens is 2. The van der Waals surface area contributed by atoms with Crippen molar-refractivity contribution in [3.63, 3.8) is 0 Å². The van der Waals surface area contributed by atoms with Crippen molar-refractivity contribution >= 4 is 5.95 Å². The number of rotatable bonds is 0. The molecular formula is C5H6N3O-. The van der Waals surface area contributed by atoms with Gasteiger partial charge in [0.05, 0.1) is 0 Å². The smallest absolute Gasteiger partial charge is 0.219 e. The zero-order valence-electron chi connectivity index (χ0n) is 4.96. The molecule has 0 saturated carbocycles. The topological polar surface area (TPSA) is 74.9 Å². The van der Waals surface area contributed by atoms with Gasteiger partial charge >= 0.3 is 0 Å². The largest absolute Gasteiger partial charge is 0.858 e. The van der Waals surface area contributed by atoms with Crippen molar-refractivity contribution in [1.82, 2.24) is 9.97 Å². The van der Waals surface area contributed by atoms with Crippen LogP contribution in [0.25, 0.3) is 0 Å². The first-order chi connectivity index (χ1) is 4.18. The fourth-order valence-electron chi connectivity index (χ4n) is 0.562. The highest BCUT2D eigenvalue weighted by atomic mass is 16.3. The van der Waals surface area contributed by atoms with Crippen molar-refractivity contribution in [2.24, 2.45) is 0 Å². The van der Waals surface area contributed by atoms with Gasteiger partial charge in [-0.15, -0.1) is 0 Å². The van der Waals surface area contributed by atoms with E-state index in [0.29, 0.717) is 5.69 Å². The van der Waals surface area contributed by atoms with Gasteiger partial charge in [0.25, 0.3) is 0 Å². The van der Waals surface area contributed by atoms with Crippen LogP contribution in [-0.2, 0) is 0 Å². The van der Waals surface area contributed by atoms with Gasteiger partial charge in [-0.3, -0.25) is 0 Å².